The molecule has 1 aliphatic rings. The number of carbonyl (C=O) groups excluding carboxylic acids is 2. The number of rotatable bonds is 7. The number of amides is 3. The summed E-state index contributed by atoms with van der Waals surface area (Å²) in [6.07, 6.45) is -5.16. The Hall–Kier alpha value is -4.76. The van der Waals surface area contributed by atoms with E-state index in [1.165, 1.54) is 29.2 Å². The van der Waals surface area contributed by atoms with E-state index < -0.39 is 24.0 Å². The molecular weight excluding hydrogens is 606 g/mol. The van der Waals surface area contributed by atoms with Crippen LogP contribution in [-0.2, 0) is 9.53 Å². The van der Waals surface area contributed by atoms with Crippen molar-refractivity contribution in [2.24, 2.45) is 4.99 Å². The lowest BCUT2D eigenvalue weighted by molar-refractivity contribution is -0.274. The molecule has 1 atom stereocenters. The van der Waals surface area contributed by atoms with Gasteiger partial charge in [-0.15, -0.1) is 23.4 Å². The van der Waals surface area contributed by atoms with Gasteiger partial charge in [0.15, 0.2) is 5.17 Å². The molecule has 0 aliphatic carbocycles. The number of nitrogens with zero attached hydrogens (tertiary/aromatic N) is 4. The second-order valence-corrected chi connectivity index (χ2v) is 10.4. The number of aromatic nitrogens is 2. The summed E-state index contributed by atoms with van der Waals surface area (Å²) in [6, 6.07) is 13.2. The minimum atomic E-state index is -4.83. The van der Waals surface area contributed by atoms with Gasteiger partial charge in [0.05, 0.1) is 23.2 Å². The molecule has 0 saturated carbocycles. The summed E-state index contributed by atoms with van der Waals surface area (Å²) in [7, 11) is 1.55. The molecule has 5 rings (SSSR count). The van der Waals surface area contributed by atoms with Crippen molar-refractivity contribution < 1.29 is 41.0 Å². The number of thioether (sulfide) groups is 1. The van der Waals surface area contributed by atoms with E-state index >= 15 is 4.39 Å². The third-order valence-corrected chi connectivity index (χ3v) is 7.32. The number of carbonyl (C=O) groups is 2. The first kappa shape index (κ1) is 30.7. The number of halogens is 4. The maximum atomic E-state index is 15.0. The first-order valence-corrected chi connectivity index (χ1v) is 13.9. The van der Waals surface area contributed by atoms with Crippen LogP contribution in [0.2, 0.25) is 0 Å². The van der Waals surface area contributed by atoms with Gasteiger partial charge in [0.2, 0.25) is 17.7 Å². The Bertz CT molecular complexity index is 1740. The maximum absolute atomic E-state index is 15.0. The van der Waals surface area contributed by atoms with Gasteiger partial charge in [-0.2, -0.15) is 4.99 Å². The number of benzene rings is 3. The lowest BCUT2D eigenvalue weighted by Gasteiger charge is -2.23. The zero-order chi connectivity index (χ0) is 31.6. The summed E-state index contributed by atoms with van der Waals surface area (Å²) in [5, 5.41) is 10.2. The summed E-state index contributed by atoms with van der Waals surface area (Å²) in [4.78, 5) is 31.0. The molecular formula is C29H23F4N5O5S. The van der Waals surface area contributed by atoms with E-state index in [2.05, 4.69) is 25.2 Å². The molecule has 0 spiro atoms. The molecule has 1 fully saturated rings. The van der Waals surface area contributed by atoms with E-state index in [4.69, 9.17) is 9.15 Å². The van der Waals surface area contributed by atoms with E-state index in [1.807, 2.05) is 26.0 Å². The van der Waals surface area contributed by atoms with Crippen LogP contribution in [-0.4, -0.2) is 46.5 Å². The Morgan fingerprint density at radius 1 is 1.07 bits per heavy atom. The molecule has 1 aliphatic heterocycles. The van der Waals surface area contributed by atoms with Crippen molar-refractivity contribution in [1.82, 2.24) is 10.2 Å². The van der Waals surface area contributed by atoms with Crippen molar-refractivity contribution in [3.05, 3.63) is 77.6 Å². The van der Waals surface area contributed by atoms with E-state index in [9.17, 15) is 22.8 Å². The van der Waals surface area contributed by atoms with Crippen LogP contribution < -0.4 is 15.0 Å². The van der Waals surface area contributed by atoms with Crippen LogP contribution in [0, 0.1) is 12.7 Å². The number of aryl methyl sites for hydroxylation is 1. The first-order valence-electron chi connectivity index (χ1n) is 12.9. The molecule has 10 nitrogen and oxygen atoms in total. The lowest BCUT2D eigenvalue weighted by atomic mass is 10.0. The Morgan fingerprint density at radius 3 is 2.41 bits per heavy atom. The van der Waals surface area contributed by atoms with Gasteiger partial charge in [0, 0.05) is 23.8 Å². The second-order valence-electron chi connectivity index (χ2n) is 9.46. The van der Waals surface area contributed by atoms with Crippen LogP contribution >= 0.6 is 11.8 Å². The van der Waals surface area contributed by atoms with Crippen molar-refractivity contribution in [2.75, 3.05) is 23.1 Å². The molecule has 1 unspecified atom stereocenters. The van der Waals surface area contributed by atoms with Crippen LogP contribution in [0.4, 0.5) is 33.7 Å². The fourth-order valence-corrected chi connectivity index (χ4v) is 5.09. The standard InChI is InChI=1S/C29H23F4N5O5S/c1-15-4-10-20(16(2)41-3)23(12-15)38-24(39)14-44-28(38)35-27(40)34-22-11-7-18(13-21(22)30)26-37-36-25(42-26)17-5-8-19(9-6-17)43-29(31,32)33/h4-13,16H,14H2,1-3H3,(H,34,40)/b35-28-. The average molecular weight is 630 g/mol. The van der Waals surface area contributed by atoms with Crippen molar-refractivity contribution in [3.63, 3.8) is 0 Å². The molecule has 1 aromatic heterocycles. The Balaban J connectivity index is 1.31. The molecule has 3 amide bonds. The van der Waals surface area contributed by atoms with Crippen LogP contribution in [0.1, 0.15) is 24.2 Å². The summed E-state index contributed by atoms with van der Waals surface area (Å²) < 4.78 is 67.0. The number of anilines is 2. The highest BCUT2D eigenvalue weighted by Crippen LogP contribution is 2.35. The number of aliphatic imine (C=N–C) groups is 1. The van der Waals surface area contributed by atoms with Gasteiger partial charge in [-0.1, -0.05) is 23.9 Å². The van der Waals surface area contributed by atoms with E-state index in [1.54, 1.807) is 13.2 Å². The zero-order valence-corrected chi connectivity index (χ0v) is 24.1. The lowest BCUT2D eigenvalue weighted by Crippen LogP contribution is -2.31. The third kappa shape index (κ3) is 6.89. The summed E-state index contributed by atoms with van der Waals surface area (Å²) in [5.41, 5.74) is 2.48. The predicted molar refractivity (Wildman–Crippen MR) is 155 cm³/mol. The summed E-state index contributed by atoms with van der Waals surface area (Å²) in [6.45, 7) is 3.71. The van der Waals surface area contributed by atoms with Crippen LogP contribution in [0.25, 0.3) is 22.9 Å². The minimum absolute atomic E-state index is 0.0167. The number of hydrogen-bond donors (Lipinski definition) is 1. The monoisotopic (exact) mass is 629 g/mol. The van der Waals surface area contributed by atoms with Gasteiger partial charge in [-0.05, 0) is 67.9 Å². The van der Waals surface area contributed by atoms with Crippen molar-refractivity contribution in [1.29, 1.82) is 0 Å². The van der Waals surface area contributed by atoms with Gasteiger partial charge in [-0.3, -0.25) is 9.69 Å². The van der Waals surface area contributed by atoms with E-state index in [0.717, 1.165) is 41.1 Å². The molecule has 2 heterocycles. The molecule has 0 radical (unpaired) electrons. The molecule has 228 valence electrons. The fraction of sp³-hybridized carbons (Fsp3) is 0.207. The number of nitrogens with one attached hydrogen (secondary N) is 1. The topological polar surface area (TPSA) is 119 Å². The zero-order valence-electron chi connectivity index (χ0n) is 23.3. The smallest absolute Gasteiger partial charge is 0.416 e. The largest absolute Gasteiger partial charge is 0.573 e. The molecule has 44 heavy (non-hydrogen) atoms. The molecule has 3 aromatic carbocycles. The number of hydrogen-bond acceptors (Lipinski definition) is 8. The SMILES string of the molecule is COC(C)c1ccc(C)cc1N1C(=O)CS/C1=N\C(=O)Nc1ccc(-c2nnc(-c3ccc(OC(F)(F)F)cc3)o2)cc1F. The molecule has 15 heteroatoms. The molecule has 0 bridgehead atoms. The number of urea groups is 1. The van der Waals surface area contributed by atoms with Crippen LogP contribution in [0.15, 0.2) is 70.1 Å². The van der Waals surface area contributed by atoms with Gasteiger partial charge in [0.1, 0.15) is 11.6 Å². The average Bonchev–Trinajstić information content (AvgIpc) is 3.60. The minimum Gasteiger partial charge on any atom is -0.416 e. The Labute approximate surface area is 252 Å². The van der Waals surface area contributed by atoms with E-state index in [0.29, 0.717) is 11.3 Å². The van der Waals surface area contributed by atoms with Crippen LogP contribution in [0.3, 0.4) is 0 Å². The number of alkyl halides is 3. The van der Waals surface area contributed by atoms with Gasteiger partial charge in [-0.25, -0.2) is 9.18 Å². The first-order chi connectivity index (χ1) is 20.9. The Morgan fingerprint density at radius 2 is 1.75 bits per heavy atom. The van der Waals surface area contributed by atoms with Gasteiger partial charge >= 0.3 is 12.4 Å². The second kappa shape index (κ2) is 12.5. The molecule has 4 aromatic rings. The van der Waals surface area contributed by atoms with Crippen LogP contribution in [0.5, 0.6) is 5.75 Å². The van der Waals surface area contributed by atoms with Gasteiger partial charge < -0.3 is 19.2 Å². The highest BCUT2D eigenvalue weighted by Gasteiger charge is 2.33. The van der Waals surface area contributed by atoms with Crippen molar-refractivity contribution >= 4 is 40.2 Å². The number of methoxy groups -OCH3 is 1. The van der Waals surface area contributed by atoms with E-state index in [-0.39, 0.29) is 46.0 Å². The normalized spacial score (nSPS) is 15.1. The summed E-state index contributed by atoms with van der Waals surface area (Å²) >= 11 is 1.08. The highest BCUT2D eigenvalue weighted by molar-refractivity contribution is 8.15. The molecule has 1 saturated heterocycles. The third-order valence-electron chi connectivity index (χ3n) is 6.40. The van der Waals surface area contributed by atoms with Crippen molar-refractivity contribution in [3.8, 4) is 28.7 Å². The Kier molecular flexibility index (Phi) is 8.69. The summed E-state index contributed by atoms with van der Waals surface area (Å²) in [5.74, 6) is -1.53. The number of ether oxygens (including phenoxy) is 2. The fourth-order valence-electron chi connectivity index (χ4n) is 4.24. The van der Waals surface area contributed by atoms with Gasteiger partial charge in [0.25, 0.3) is 0 Å². The number of amidine groups is 1. The quantitative estimate of drug-likeness (QED) is 0.215. The highest BCUT2D eigenvalue weighted by atomic mass is 32.2. The molecule has 1 N–H and O–H groups in total. The van der Waals surface area contributed by atoms with Crippen molar-refractivity contribution in [2.45, 2.75) is 26.3 Å². The predicted octanol–water partition coefficient (Wildman–Crippen LogP) is 7.13. The maximum Gasteiger partial charge on any atom is 0.573 e.